The lowest BCUT2D eigenvalue weighted by Gasteiger charge is -2.55. The van der Waals surface area contributed by atoms with Gasteiger partial charge < -0.3 is 5.32 Å². The van der Waals surface area contributed by atoms with E-state index >= 15 is 0 Å². The van der Waals surface area contributed by atoms with Crippen LogP contribution in [0.3, 0.4) is 0 Å². The largest absolute Gasteiger partial charge is 0.326 e. The summed E-state index contributed by atoms with van der Waals surface area (Å²) in [6.07, 6.45) is 0. The number of carbonyl (C=O) groups is 3. The molecule has 33 heavy (non-hydrogen) atoms. The highest BCUT2D eigenvalue weighted by Gasteiger charge is 2.72. The van der Waals surface area contributed by atoms with Gasteiger partial charge in [0.25, 0.3) is 0 Å². The second-order valence-electron chi connectivity index (χ2n) is 8.71. The first-order valence-electron chi connectivity index (χ1n) is 10.6. The Morgan fingerprint density at radius 3 is 1.52 bits per heavy atom. The van der Waals surface area contributed by atoms with Crippen molar-refractivity contribution in [3.05, 3.63) is 95.1 Å². The Hall–Kier alpha value is -2.77. The van der Waals surface area contributed by atoms with Crippen molar-refractivity contribution in [1.29, 1.82) is 0 Å². The second-order valence-corrected chi connectivity index (χ2v) is 11.2. The Bertz CT molecular complexity index is 1250. The molecule has 3 aromatic carbocycles. The zero-order valence-corrected chi connectivity index (χ0v) is 20.7. The van der Waals surface area contributed by atoms with Gasteiger partial charge in [0.2, 0.25) is 17.7 Å². The molecule has 7 heteroatoms. The predicted molar refractivity (Wildman–Crippen MR) is 133 cm³/mol. The van der Waals surface area contributed by atoms with Crippen molar-refractivity contribution in [2.45, 2.75) is 15.6 Å². The summed E-state index contributed by atoms with van der Waals surface area (Å²) in [5.41, 5.74) is 5.12. The molecule has 3 amide bonds. The zero-order chi connectivity index (χ0) is 23.1. The van der Waals surface area contributed by atoms with Gasteiger partial charge in [-0.1, -0.05) is 80.4 Å². The summed E-state index contributed by atoms with van der Waals surface area (Å²) >= 11 is 8.00. The summed E-state index contributed by atoms with van der Waals surface area (Å²) in [6, 6.07) is 22.8. The van der Waals surface area contributed by atoms with Crippen LogP contribution in [-0.2, 0) is 23.0 Å². The molecule has 0 unspecified atom stereocenters. The van der Waals surface area contributed by atoms with Gasteiger partial charge in [-0.15, -0.1) is 0 Å². The van der Waals surface area contributed by atoms with Crippen molar-refractivity contribution in [1.82, 2.24) is 0 Å². The zero-order valence-electron chi connectivity index (χ0n) is 17.5. The van der Waals surface area contributed by atoms with Crippen LogP contribution in [0.1, 0.15) is 29.2 Å². The van der Waals surface area contributed by atoms with Crippen LogP contribution < -0.4 is 10.2 Å². The summed E-state index contributed by atoms with van der Waals surface area (Å²) < 4.78 is -1.62. The van der Waals surface area contributed by atoms with Crippen molar-refractivity contribution in [3.63, 3.8) is 0 Å². The minimum absolute atomic E-state index is 0.184. The van der Waals surface area contributed by atoms with Crippen LogP contribution in [0.4, 0.5) is 11.4 Å². The molecule has 4 aliphatic rings. The maximum Gasteiger partial charge on any atom is 0.239 e. The van der Waals surface area contributed by atoms with Gasteiger partial charge in [-0.3, -0.25) is 14.4 Å². The topological polar surface area (TPSA) is 66.5 Å². The molecule has 1 N–H and O–H groups in total. The monoisotopic (exact) mass is 564 g/mol. The minimum atomic E-state index is -0.808. The normalized spacial score (nSPS) is 28.9. The molecular weight excluding hydrogens is 548 g/mol. The standard InChI is InChI=1S/C26H18Br2N2O3/c1-14(31)29-15-10-12-16(13-11-15)30-23(32)21-22(24(30)33)26(28)18-7-3-2-6-17(18)25(21,27)19-8-4-5-9-20(19)26/h2-13,21-22H,1H3,(H,29,31)/t21-,22-,25?,26?/m1/s1. The van der Waals surface area contributed by atoms with E-state index in [2.05, 4.69) is 37.2 Å². The summed E-state index contributed by atoms with van der Waals surface area (Å²) in [5.74, 6) is -1.87. The van der Waals surface area contributed by atoms with Crippen molar-refractivity contribution in [3.8, 4) is 0 Å². The van der Waals surface area contributed by atoms with Gasteiger partial charge in [0.1, 0.15) is 0 Å². The van der Waals surface area contributed by atoms with Gasteiger partial charge in [-0.05, 0) is 46.5 Å². The molecule has 1 heterocycles. The van der Waals surface area contributed by atoms with Gasteiger partial charge in [0.05, 0.1) is 26.2 Å². The lowest BCUT2D eigenvalue weighted by Crippen LogP contribution is -2.56. The molecule has 0 aromatic heterocycles. The molecule has 1 saturated heterocycles. The van der Waals surface area contributed by atoms with E-state index in [4.69, 9.17) is 0 Å². The van der Waals surface area contributed by atoms with Crippen LogP contribution in [0, 0.1) is 11.8 Å². The highest BCUT2D eigenvalue weighted by molar-refractivity contribution is 9.10. The van der Waals surface area contributed by atoms with E-state index in [0.29, 0.717) is 11.4 Å². The first-order valence-corrected chi connectivity index (χ1v) is 12.2. The highest BCUT2D eigenvalue weighted by atomic mass is 79.9. The molecular formula is C26H18Br2N2O3. The molecule has 0 radical (unpaired) electrons. The van der Waals surface area contributed by atoms with E-state index in [0.717, 1.165) is 22.3 Å². The summed E-state index contributed by atoms with van der Waals surface area (Å²) in [5, 5.41) is 2.71. The van der Waals surface area contributed by atoms with Crippen LogP contribution in [0.5, 0.6) is 0 Å². The number of halogens is 2. The molecule has 1 aliphatic heterocycles. The SMILES string of the molecule is CC(=O)Nc1ccc(N2C(=O)[C@H]3[C@H](C2=O)C2(Br)c4ccccc4C3(Br)c3ccccc32)cc1. The molecule has 2 bridgehead atoms. The lowest BCUT2D eigenvalue weighted by atomic mass is 9.54. The number of anilines is 2. The maximum absolute atomic E-state index is 14.0. The highest BCUT2D eigenvalue weighted by Crippen LogP contribution is 2.70. The van der Waals surface area contributed by atoms with Gasteiger partial charge in [-0.2, -0.15) is 0 Å². The molecule has 164 valence electrons. The molecule has 7 rings (SSSR count). The van der Waals surface area contributed by atoms with E-state index < -0.39 is 20.5 Å². The predicted octanol–water partition coefficient (Wildman–Crippen LogP) is 5.05. The number of imide groups is 1. The third-order valence-corrected chi connectivity index (χ3v) is 9.73. The quantitative estimate of drug-likeness (QED) is 0.349. The maximum atomic E-state index is 14.0. The fraction of sp³-hybridized carbons (Fsp3) is 0.192. The fourth-order valence-corrected chi connectivity index (χ4v) is 8.12. The smallest absolute Gasteiger partial charge is 0.239 e. The van der Waals surface area contributed by atoms with E-state index in [1.807, 2.05) is 48.5 Å². The number of amides is 3. The summed E-state index contributed by atoms with van der Waals surface area (Å²) in [7, 11) is 0. The number of hydrogen-bond acceptors (Lipinski definition) is 3. The van der Waals surface area contributed by atoms with Gasteiger partial charge in [-0.25, -0.2) is 4.90 Å². The number of hydrogen-bond donors (Lipinski definition) is 1. The lowest BCUT2D eigenvalue weighted by molar-refractivity contribution is -0.122. The van der Waals surface area contributed by atoms with Crippen molar-refractivity contribution < 1.29 is 14.4 Å². The molecule has 2 atom stereocenters. The van der Waals surface area contributed by atoms with Crippen molar-refractivity contribution in [2.24, 2.45) is 11.8 Å². The first kappa shape index (κ1) is 20.8. The van der Waals surface area contributed by atoms with E-state index in [1.165, 1.54) is 11.8 Å². The van der Waals surface area contributed by atoms with Crippen molar-refractivity contribution >= 4 is 61.0 Å². The van der Waals surface area contributed by atoms with Crippen LogP contribution in [-0.4, -0.2) is 17.7 Å². The van der Waals surface area contributed by atoms with Crippen LogP contribution in [0.15, 0.2) is 72.8 Å². The fourth-order valence-electron chi connectivity index (χ4n) is 5.82. The average Bonchev–Trinajstić information content (AvgIpc) is 3.09. The molecule has 5 nitrogen and oxygen atoms in total. The minimum Gasteiger partial charge on any atom is -0.326 e. The Morgan fingerprint density at radius 2 is 1.15 bits per heavy atom. The van der Waals surface area contributed by atoms with Crippen LogP contribution in [0.25, 0.3) is 0 Å². The number of benzene rings is 3. The van der Waals surface area contributed by atoms with E-state index in [9.17, 15) is 14.4 Å². The second kappa shape index (κ2) is 6.87. The van der Waals surface area contributed by atoms with Crippen LogP contribution >= 0.6 is 31.9 Å². The number of nitrogens with zero attached hydrogens (tertiary/aromatic N) is 1. The van der Waals surface area contributed by atoms with Gasteiger partial charge in [0, 0.05) is 12.6 Å². The molecule has 3 aliphatic carbocycles. The average molecular weight is 566 g/mol. The Labute approximate surface area is 207 Å². The first-order chi connectivity index (χ1) is 15.8. The molecule has 0 saturated carbocycles. The third kappa shape index (κ3) is 2.49. The van der Waals surface area contributed by atoms with E-state index in [-0.39, 0.29) is 17.7 Å². The molecule has 0 spiro atoms. The Kier molecular flexibility index (Phi) is 4.33. The molecule has 1 fully saturated rings. The number of carbonyl (C=O) groups excluding carboxylic acids is 3. The van der Waals surface area contributed by atoms with E-state index in [1.54, 1.807) is 24.3 Å². The summed E-state index contributed by atoms with van der Waals surface area (Å²) in [6.45, 7) is 1.43. The van der Waals surface area contributed by atoms with Gasteiger partial charge in [0.15, 0.2) is 0 Å². The number of rotatable bonds is 2. The van der Waals surface area contributed by atoms with Gasteiger partial charge >= 0.3 is 0 Å². The van der Waals surface area contributed by atoms with Crippen molar-refractivity contribution in [2.75, 3.05) is 10.2 Å². The summed E-state index contributed by atoms with van der Waals surface area (Å²) in [4.78, 5) is 40.6. The molecule has 3 aromatic rings. The van der Waals surface area contributed by atoms with Crippen LogP contribution in [0.2, 0.25) is 0 Å². The number of alkyl halides is 2. The third-order valence-electron chi connectivity index (χ3n) is 7.03. The Balaban J connectivity index is 1.54. The Morgan fingerprint density at radius 1 is 0.758 bits per heavy atom. The number of nitrogens with one attached hydrogen (secondary N) is 1.